The molecule has 6 heteroatoms. The molecule has 6 nitrogen and oxygen atoms in total. The molecule has 22 heavy (non-hydrogen) atoms. The van der Waals surface area contributed by atoms with E-state index >= 15 is 0 Å². The highest BCUT2D eigenvalue weighted by Gasteiger charge is 2.54. The molecule has 3 rings (SSSR count). The third-order valence-electron chi connectivity index (χ3n) is 4.06. The summed E-state index contributed by atoms with van der Waals surface area (Å²) in [6, 6.07) is 7.35. The highest BCUT2D eigenvalue weighted by molar-refractivity contribution is 5.88. The Hall–Kier alpha value is -2.37. The van der Waals surface area contributed by atoms with E-state index in [1.54, 1.807) is 4.90 Å². The van der Waals surface area contributed by atoms with Gasteiger partial charge in [0, 0.05) is 20.4 Å². The van der Waals surface area contributed by atoms with Gasteiger partial charge in [0.25, 0.3) is 5.91 Å². The van der Waals surface area contributed by atoms with Crippen LogP contribution in [0.15, 0.2) is 24.3 Å². The van der Waals surface area contributed by atoms with E-state index in [0.717, 1.165) is 17.5 Å². The zero-order valence-corrected chi connectivity index (χ0v) is 12.4. The van der Waals surface area contributed by atoms with Crippen LogP contribution in [0.1, 0.15) is 31.0 Å². The number of ether oxygens (including phenoxy) is 2. The van der Waals surface area contributed by atoms with E-state index in [2.05, 4.69) is 0 Å². The molecule has 0 aromatic heterocycles. The lowest BCUT2D eigenvalue weighted by Gasteiger charge is -2.33. The van der Waals surface area contributed by atoms with Gasteiger partial charge in [-0.3, -0.25) is 14.4 Å². The summed E-state index contributed by atoms with van der Waals surface area (Å²) in [6.07, 6.45) is -1.15. The van der Waals surface area contributed by atoms with Gasteiger partial charge in [-0.25, -0.2) is 0 Å². The Morgan fingerprint density at radius 2 is 1.82 bits per heavy atom. The second-order valence-corrected chi connectivity index (χ2v) is 5.53. The van der Waals surface area contributed by atoms with Gasteiger partial charge in [0.15, 0.2) is 6.10 Å². The van der Waals surface area contributed by atoms with Crippen molar-refractivity contribution in [2.75, 3.05) is 6.54 Å². The SMILES string of the molecule is CC(=O)O[C@@H]1[C@@H](OC(C)=O)C(=O)N2CCc3ccccc3[C@@H]12. The normalized spacial score (nSPS) is 26.2. The molecule has 0 radical (unpaired) electrons. The Labute approximate surface area is 128 Å². The first-order chi connectivity index (χ1) is 10.5. The van der Waals surface area contributed by atoms with Gasteiger partial charge in [0.2, 0.25) is 6.10 Å². The van der Waals surface area contributed by atoms with Gasteiger partial charge in [-0.05, 0) is 17.5 Å². The molecular weight excluding hydrogens is 286 g/mol. The molecule has 0 saturated carbocycles. The molecule has 0 unspecified atom stereocenters. The summed E-state index contributed by atoms with van der Waals surface area (Å²) in [7, 11) is 0. The Morgan fingerprint density at radius 1 is 1.14 bits per heavy atom. The number of rotatable bonds is 2. The summed E-state index contributed by atoms with van der Waals surface area (Å²) in [5.74, 6) is -1.37. The highest BCUT2D eigenvalue weighted by Crippen LogP contribution is 2.41. The maximum atomic E-state index is 12.5. The molecule has 1 aromatic carbocycles. The summed E-state index contributed by atoms with van der Waals surface area (Å²) < 4.78 is 10.5. The average molecular weight is 303 g/mol. The predicted octanol–water partition coefficient (Wildman–Crippen LogP) is 0.989. The third kappa shape index (κ3) is 2.34. The minimum Gasteiger partial charge on any atom is -0.455 e. The molecule has 1 aromatic rings. The van der Waals surface area contributed by atoms with E-state index in [1.165, 1.54) is 13.8 Å². The lowest BCUT2D eigenvalue weighted by Crippen LogP contribution is -2.37. The quantitative estimate of drug-likeness (QED) is 0.762. The molecular formula is C16H17NO5. The second-order valence-electron chi connectivity index (χ2n) is 5.53. The number of benzene rings is 1. The fourth-order valence-electron chi connectivity index (χ4n) is 3.28. The van der Waals surface area contributed by atoms with Crippen molar-refractivity contribution in [3.63, 3.8) is 0 Å². The minimum atomic E-state index is -1.07. The molecule has 0 aliphatic carbocycles. The number of carbonyl (C=O) groups excluding carboxylic acids is 3. The lowest BCUT2D eigenvalue weighted by atomic mass is 9.91. The molecule has 2 aliphatic heterocycles. The van der Waals surface area contributed by atoms with E-state index in [0.29, 0.717) is 6.54 Å². The van der Waals surface area contributed by atoms with Crippen molar-refractivity contribution in [1.82, 2.24) is 4.90 Å². The van der Waals surface area contributed by atoms with Crippen LogP contribution in [-0.2, 0) is 30.3 Å². The monoisotopic (exact) mass is 303 g/mol. The van der Waals surface area contributed by atoms with Gasteiger partial charge in [-0.15, -0.1) is 0 Å². The largest absolute Gasteiger partial charge is 0.455 e. The van der Waals surface area contributed by atoms with Crippen LogP contribution in [0.5, 0.6) is 0 Å². The van der Waals surface area contributed by atoms with Crippen molar-refractivity contribution in [3.8, 4) is 0 Å². The van der Waals surface area contributed by atoms with Gasteiger partial charge in [0.1, 0.15) is 0 Å². The van der Waals surface area contributed by atoms with Crippen LogP contribution in [0, 0.1) is 0 Å². The van der Waals surface area contributed by atoms with Crippen molar-refractivity contribution < 1.29 is 23.9 Å². The predicted molar refractivity (Wildman–Crippen MR) is 75.7 cm³/mol. The van der Waals surface area contributed by atoms with E-state index in [-0.39, 0.29) is 5.91 Å². The number of amides is 1. The molecule has 0 spiro atoms. The third-order valence-corrected chi connectivity index (χ3v) is 4.06. The van der Waals surface area contributed by atoms with Crippen LogP contribution in [0.3, 0.4) is 0 Å². The Morgan fingerprint density at radius 3 is 2.50 bits per heavy atom. The highest BCUT2D eigenvalue weighted by atomic mass is 16.6. The van der Waals surface area contributed by atoms with Crippen molar-refractivity contribution in [2.24, 2.45) is 0 Å². The summed E-state index contributed by atoms with van der Waals surface area (Å²) >= 11 is 0. The van der Waals surface area contributed by atoms with E-state index in [4.69, 9.17) is 9.47 Å². The van der Waals surface area contributed by atoms with Gasteiger partial charge in [-0.2, -0.15) is 0 Å². The van der Waals surface area contributed by atoms with Gasteiger partial charge >= 0.3 is 11.9 Å². The molecule has 2 heterocycles. The zero-order valence-electron chi connectivity index (χ0n) is 12.4. The molecule has 1 amide bonds. The maximum Gasteiger partial charge on any atom is 0.303 e. The summed E-state index contributed by atoms with van der Waals surface area (Å²) in [5, 5.41) is 0. The first-order valence-electron chi connectivity index (χ1n) is 7.21. The molecule has 3 atom stereocenters. The van der Waals surface area contributed by atoms with Crippen LogP contribution in [-0.4, -0.2) is 41.5 Å². The number of fused-ring (bicyclic) bond motifs is 3. The summed E-state index contributed by atoms with van der Waals surface area (Å²) in [6.45, 7) is 3.05. The van der Waals surface area contributed by atoms with Crippen molar-refractivity contribution >= 4 is 17.8 Å². The van der Waals surface area contributed by atoms with Gasteiger partial charge in [0.05, 0.1) is 6.04 Å². The minimum absolute atomic E-state index is 0.305. The van der Waals surface area contributed by atoms with Crippen LogP contribution >= 0.6 is 0 Å². The van der Waals surface area contributed by atoms with Crippen molar-refractivity contribution in [3.05, 3.63) is 35.4 Å². The Kier molecular flexibility index (Phi) is 3.60. The van der Waals surface area contributed by atoms with Gasteiger partial charge in [-0.1, -0.05) is 24.3 Å². The fourth-order valence-corrected chi connectivity index (χ4v) is 3.28. The topological polar surface area (TPSA) is 72.9 Å². The van der Waals surface area contributed by atoms with E-state index < -0.39 is 30.2 Å². The number of nitrogens with zero attached hydrogens (tertiary/aromatic N) is 1. The lowest BCUT2D eigenvalue weighted by molar-refractivity contribution is -0.166. The molecule has 0 N–H and O–H groups in total. The van der Waals surface area contributed by atoms with Gasteiger partial charge < -0.3 is 14.4 Å². The van der Waals surface area contributed by atoms with Crippen molar-refractivity contribution in [2.45, 2.75) is 38.5 Å². The van der Waals surface area contributed by atoms with Crippen LogP contribution in [0.25, 0.3) is 0 Å². The number of hydrogen-bond acceptors (Lipinski definition) is 5. The van der Waals surface area contributed by atoms with Crippen LogP contribution < -0.4 is 0 Å². The first kappa shape index (κ1) is 14.6. The molecule has 1 fully saturated rings. The molecule has 0 bridgehead atoms. The smallest absolute Gasteiger partial charge is 0.303 e. The first-order valence-corrected chi connectivity index (χ1v) is 7.21. The Balaban J connectivity index is 2.03. The second kappa shape index (κ2) is 5.44. The average Bonchev–Trinajstić information content (AvgIpc) is 2.72. The standard InChI is InChI=1S/C16H17NO5/c1-9(18)21-14-13-12-6-4-3-5-11(12)7-8-17(13)16(20)15(14)22-10(2)19/h3-6,13-15H,7-8H2,1-2H3/t13-,14-,15+/m0/s1. The fraction of sp³-hybridized carbons (Fsp3) is 0.438. The molecule has 1 saturated heterocycles. The van der Waals surface area contributed by atoms with Crippen LogP contribution in [0.2, 0.25) is 0 Å². The Bertz CT molecular complexity index is 641. The summed E-state index contributed by atoms with van der Waals surface area (Å²) in [4.78, 5) is 36.9. The van der Waals surface area contributed by atoms with Crippen LogP contribution in [0.4, 0.5) is 0 Å². The number of hydrogen-bond donors (Lipinski definition) is 0. The number of esters is 2. The van der Waals surface area contributed by atoms with E-state index in [9.17, 15) is 14.4 Å². The van der Waals surface area contributed by atoms with Crippen molar-refractivity contribution in [1.29, 1.82) is 0 Å². The van der Waals surface area contributed by atoms with E-state index in [1.807, 2.05) is 24.3 Å². The summed E-state index contributed by atoms with van der Waals surface area (Å²) in [5.41, 5.74) is 2.07. The molecule has 116 valence electrons. The molecule has 2 aliphatic rings. The zero-order chi connectivity index (χ0) is 15.9. The number of carbonyl (C=O) groups is 3. The maximum absolute atomic E-state index is 12.5.